The summed E-state index contributed by atoms with van der Waals surface area (Å²) >= 11 is 0. The van der Waals surface area contributed by atoms with E-state index in [1.807, 2.05) is 31.2 Å². The Kier molecular flexibility index (Phi) is 7.27. The average Bonchev–Trinajstić information content (AvgIpc) is 2.81. The summed E-state index contributed by atoms with van der Waals surface area (Å²) < 4.78 is 19.0. The zero-order valence-electron chi connectivity index (χ0n) is 18.9. The predicted octanol–water partition coefficient (Wildman–Crippen LogP) is 5.11. The van der Waals surface area contributed by atoms with E-state index in [2.05, 4.69) is 10.3 Å². The van der Waals surface area contributed by atoms with Crippen LogP contribution in [0.3, 0.4) is 0 Å². The molecule has 1 saturated carbocycles. The van der Waals surface area contributed by atoms with Gasteiger partial charge < -0.3 is 19.9 Å². The molecule has 0 spiro atoms. The minimum Gasteiger partial charge on any atom is -0.494 e. The number of hydrogen-bond donors (Lipinski definition) is 2. The lowest BCUT2D eigenvalue weighted by Gasteiger charge is -2.28. The summed E-state index contributed by atoms with van der Waals surface area (Å²) in [7, 11) is 0. The lowest BCUT2D eigenvalue weighted by molar-refractivity contribution is 0.184. The average molecular weight is 452 g/mol. The van der Waals surface area contributed by atoms with Crippen molar-refractivity contribution in [3.8, 4) is 5.75 Å². The highest BCUT2D eigenvalue weighted by Gasteiger charge is 2.21. The topological polar surface area (TPSA) is 74.4 Å². The molecule has 3 aromatic rings. The Hall–Kier alpha value is -3.35. The second kappa shape index (κ2) is 10.5. The summed E-state index contributed by atoms with van der Waals surface area (Å²) in [6.45, 7) is 2.88. The molecule has 1 fully saturated rings. The molecule has 2 aromatic carbocycles. The van der Waals surface area contributed by atoms with Gasteiger partial charge in [-0.25, -0.2) is 9.18 Å². The highest BCUT2D eigenvalue weighted by molar-refractivity contribution is 5.81. The Morgan fingerprint density at radius 3 is 2.58 bits per heavy atom. The van der Waals surface area contributed by atoms with Gasteiger partial charge in [0.05, 0.1) is 13.2 Å². The van der Waals surface area contributed by atoms with Gasteiger partial charge in [0.15, 0.2) is 0 Å². The number of nitrogens with zero attached hydrogens (tertiary/aromatic N) is 1. The number of urea groups is 1. The van der Waals surface area contributed by atoms with Gasteiger partial charge in [0, 0.05) is 29.1 Å². The first-order valence-corrected chi connectivity index (χ1v) is 11.6. The Morgan fingerprint density at radius 2 is 1.85 bits per heavy atom. The van der Waals surface area contributed by atoms with Crippen molar-refractivity contribution < 1.29 is 13.9 Å². The van der Waals surface area contributed by atoms with Crippen molar-refractivity contribution in [1.29, 1.82) is 0 Å². The van der Waals surface area contributed by atoms with Crippen molar-refractivity contribution in [3.05, 3.63) is 75.8 Å². The Labute approximate surface area is 192 Å². The number of benzene rings is 2. The number of halogens is 1. The molecule has 2 amide bonds. The fourth-order valence-electron chi connectivity index (χ4n) is 4.33. The minimum atomic E-state index is -0.326. The van der Waals surface area contributed by atoms with Crippen LogP contribution in [-0.4, -0.2) is 28.6 Å². The SMILES string of the molecule is CCOc1ccc2[nH]c(=O)c(CN(Cc3ccc(F)cc3)C(=O)NC3CCCCC3)cc2c1. The van der Waals surface area contributed by atoms with Gasteiger partial charge >= 0.3 is 6.03 Å². The Bertz CT molecular complexity index is 1150. The first kappa shape index (κ1) is 22.8. The van der Waals surface area contributed by atoms with Crippen molar-refractivity contribution >= 4 is 16.9 Å². The molecule has 4 rings (SSSR count). The van der Waals surface area contributed by atoms with Crippen molar-refractivity contribution in [2.24, 2.45) is 0 Å². The second-order valence-electron chi connectivity index (χ2n) is 8.57. The summed E-state index contributed by atoms with van der Waals surface area (Å²) in [5.74, 6) is 0.397. The standard InChI is InChI=1S/C26H30FN3O3/c1-2-33-23-12-13-24-19(15-23)14-20(25(31)29-24)17-30(16-18-8-10-21(27)11-9-18)26(32)28-22-6-4-3-5-7-22/h8-15,22H,2-7,16-17H2,1H3,(H,28,32)(H,29,31). The van der Waals surface area contributed by atoms with E-state index in [1.165, 1.54) is 18.6 Å². The van der Waals surface area contributed by atoms with Crippen LogP contribution in [0.2, 0.25) is 0 Å². The van der Waals surface area contributed by atoms with Gasteiger partial charge in [0.25, 0.3) is 5.56 Å². The first-order chi connectivity index (χ1) is 16.0. The number of carbonyl (C=O) groups is 1. The summed E-state index contributed by atoms with van der Waals surface area (Å²) in [5.41, 5.74) is 1.76. The first-order valence-electron chi connectivity index (χ1n) is 11.6. The normalized spacial score (nSPS) is 14.2. The molecular formula is C26H30FN3O3. The molecule has 6 nitrogen and oxygen atoms in total. The number of H-pyrrole nitrogens is 1. The largest absolute Gasteiger partial charge is 0.494 e. The summed E-state index contributed by atoms with van der Waals surface area (Å²) in [6.07, 6.45) is 5.34. The Balaban J connectivity index is 1.60. The van der Waals surface area contributed by atoms with E-state index in [1.54, 1.807) is 17.0 Å². The van der Waals surface area contributed by atoms with Crippen LogP contribution in [0.25, 0.3) is 10.9 Å². The maximum absolute atomic E-state index is 13.4. The molecule has 1 heterocycles. The Morgan fingerprint density at radius 1 is 1.09 bits per heavy atom. The van der Waals surface area contributed by atoms with Crippen LogP contribution in [0, 0.1) is 5.82 Å². The molecule has 174 valence electrons. The molecule has 2 N–H and O–H groups in total. The highest BCUT2D eigenvalue weighted by Crippen LogP contribution is 2.21. The van der Waals surface area contributed by atoms with Gasteiger partial charge in [0.2, 0.25) is 0 Å². The number of amides is 2. The van der Waals surface area contributed by atoms with E-state index in [0.717, 1.165) is 42.4 Å². The van der Waals surface area contributed by atoms with Crippen LogP contribution in [0.4, 0.5) is 9.18 Å². The molecule has 33 heavy (non-hydrogen) atoms. The molecule has 0 atom stereocenters. The molecule has 0 aliphatic heterocycles. The fraction of sp³-hybridized carbons (Fsp3) is 0.385. The van der Waals surface area contributed by atoms with Crippen LogP contribution < -0.4 is 15.6 Å². The molecule has 0 saturated heterocycles. The maximum atomic E-state index is 13.4. The molecule has 7 heteroatoms. The summed E-state index contributed by atoms with van der Waals surface area (Å²) in [4.78, 5) is 30.5. The highest BCUT2D eigenvalue weighted by atomic mass is 19.1. The van der Waals surface area contributed by atoms with Gasteiger partial charge in [-0.3, -0.25) is 4.79 Å². The summed E-state index contributed by atoms with van der Waals surface area (Å²) in [6, 6.07) is 13.3. The number of aromatic amines is 1. The van der Waals surface area contributed by atoms with E-state index in [0.29, 0.717) is 17.7 Å². The third kappa shape index (κ3) is 5.92. The molecule has 1 aliphatic rings. The lowest BCUT2D eigenvalue weighted by atomic mass is 9.96. The van der Waals surface area contributed by atoms with Crippen molar-refractivity contribution in [2.75, 3.05) is 6.61 Å². The predicted molar refractivity (Wildman–Crippen MR) is 127 cm³/mol. The van der Waals surface area contributed by atoms with Crippen molar-refractivity contribution in [2.45, 2.75) is 58.2 Å². The zero-order chi connectivity index (χ0) is 23.2. The second-order valence-corrected chi connectivity index (χ2v) is 8.57. The lowest BCUT2D eigenvalue weighted by Crippen LogP contribution is -2.45. The van der Waals surface area contributed by atoms with Gasteiger partial charge in [-0.15, -0.1) is 0 Å². The molecule has 1 aliphatic carbocycles. The monoisotopic (exact) mass is 451 g/mol. The van der Waals surface area contributed by atoms with Crippen LogP contribution in [-0.2, 0) is 13.1 Å². The van der Waals surface area contributed by atoms with E-state index in [9.17, 15) is 14.0 Å². The number of nitrogens with one attached hydrogen (secondary N) is 2. The van der Waals surface area contributed by atoms with Crippen LogP contribution in [0.1, 0.15) is 50.2 Å². The number of rotatable bonds is 7. The van der Waals surface area contributed by atoms with E-state index >= 15 is 0 Å². The van der Waals surface area contributed by atoms with Crippen LogP contribution in [0.5, 0.6) is 5.75 Å². The molecule has 1 aromatic heterocycles. The third-order valence-electron chi connectivity index (χ3n) is 6.07. The molecule has 0 unspecified atom stereocenters. The van der Waals surface area contributed by atoms with Crippen LogP contribution >= 0.6 is 0 Å². The van der Waals surface area contributed by atoms with Crippen LogP contribution in [0.15, 0.2) is 53.3 Å². The maximum Gasteiger partial charge on any atom is 0.318 e. The number of pyridine rings is 1. The number of aromatic nitrogens is 1. The number of carbonyl (C=O) groups excluding carboxylic acids is 1. The van der Waals surface area contributed by atoms with Crippen molar-refractivity contribution in [1.82, 2.24) is 15.2 Å². The number of fused-ring (bicyclic) bond motifs is 1. The van der Waals surface area contributed by atoms with Gasteiger partial charge in [-0.05, 0) is 61.7 Å². The molecule has 0 radical (unpaired) electrons. The smallest absolute Gasteiger partial charge is 0.318 e. The van der Waals surface area contributed by atoms with E-state index in [4.69, 9.17) is 4.74 Å². The molecular weight excluding hydrogens is 421 g/mol. The minimum absolute atomic E-state index is 0.139. The molecule has 0 bridgehead atoms. The van der Waals surface area contributed by atoms with Crippen molar-refractivity contribution in [3.63, 3.8) is 0 Å². The third-order valence-corrected chi connectivity index (χ3v) is 6.07. The number of ether oxygens (including phenoxy) is 1. The van der Waals surface area contributed by atoms with E-state index in [-0.39, 0.29) is 36.5 Å². The van der Waals surface area contributed by atoms with Gasteiger partial charge in [-0.1, -0.05) is 31.4 Å². The van der Waals surface area contributed by atoms with Gasteiger partial charge in [0.1, 0.15) is 11.6 Å². The van der Waals surface area contributed by atoms with Gasteiger partial charge in [-0.2, -0.15) is 0 Å². The quantitative estimate of drug-likeness (QED) is 0.524. The zero-order valence-corrected chi connectivity index (χ0v) is 18.9. The van der Waals surface area contributed by atoms with E-state index < -0.39 is 0 Å². The fourth-order valence-corrected chi connectivity index (χ4v) is 4.33. The number of hydrogen-bond acceptors (Lipinski definition) is 3. The summed E-state index contributed by atoms with van der Waals surface area (Å²) in [5, 5.41) is 3.97.